The summed E-state index contributed by atoms with van der Waals surface area (Å²) in [5.74, 6) is 1.71. The zero-order valence-corrected chi connectivity index (χ0v) is 19.7. The second-order valence-electron chi connectivity index (χ2n) is 9.36. The lowest BCUT2D eigenvalue weighted by Crippen LogP contribution is -2.05. The third-order valence-corrected chi connectivity index (χ3v) is 5.55. The summed E-state index contributed by atoms with van der Waals surface area (Å²) in [5, 5.41) is 0. The molecule has 0 bridgehead atoms. The fourth-order valence-electron chi connectivity index (χ4n) is 3.39. The summed E-state index contributed by atoms with van der Waals surface area (Å²) in [7, 11) is 0. The van der Waals surface area contributed by atoms with Gasteiger partial charge in [-0.05, 0) is 73.6 Å². The Kier molecular flexibility index (Phi) is 7.17. The number of hydrogen-bond donors (Lipinski definition) is 0. The smallest absolute Gasteiger partial charge is 0.135 e. The molecular formula is C30H34O. The molecule has 0 heterocycles. The van der Waals surface area contributed by atoms with E-state index in [9.17, 15) is 0 Å². The van der Waals surface area contributed by atoms with Crippen LogP contribution in [-0.2, 0) is 0 Å². The predicted octanol–water partition coefficient (Wildman–Crippen LogP) is 8.69. The van der Waals surface area contributed by atoms with Gasteiger partial charge in [-0.1, -0.05) is 92.6 Å². The van der Waals surface area contributed by atoms with E-state index in [1.807, 2.05) is 30.3 Å². The van der Waals surface area contributed by atoms with Gasteiger partial charge >= 0.3 is 0 Å². The van der Waals surface area contributed by atoms with Crippen LogP contribution in [0.2, 0.25) is 0 Å². The first kappa shape index (κ1) is 22.6. The molecule has 0 amide bonds. The summed E-state index contributed by atoms with van der Waals surface area (Å²) in [6.07, 6.45) is 10.0. The summed E-state index contributed by atoms with van der Waals surface area (Å²) >= 11 is 0. The van der Waals surface area contributed by atoms with Crippen LogP contribution in [-0.4, -0.2) is 0 Å². The van der Waals surface area contributed by atoms with E-state index < -0.39 is 0 Å². The molecule has 0 saturated carbocycles. The van der Waals surface area contributed by atoms with Gasteiger partial charge in [-0.25, -0.2) is 0 Å². The van der Waals surface area contributed by atoms with Crippen molar-refractivity contribution in [1.82, 2.24) is 0 Å². The van der Waals surface area contributed by atoms with Crippen molar-refractivity contribution in [3.63, 3.8) is 0 Å². The Morgan fingerprint density at radius 3 is 2.03 bits per heavy atom. The molecule has 0 N–H and O–H groups in total. The van der Waals surface area contributed by atoms with E-state index in [2.05, 4.69) is 96.2 Å². The molecule has 1 nitrogen and oxygen atoms in total. The molecule has 0 radical (unpaired) electrons. The molecule has 0 atom stereocenters. The third-order valence-electron chi connectivity index (χ3n) is 5.55. The minimum Gasteiger partial charge on any atom is -0.457 e. The van der Waals surface area contributed by atoms with Crippen LogP contribution in [0.25, 0.3) is 5.57 Å². The lowest BCUT2D eigenvalue weighted by molar-refractivity contribution is 0.448. The Morgan fingerprint density at radius 1 is 0.871 bits per heavy atom. The molecule has 1 aliphatic carbocycles. The predicted molar refractivity (Wildman–Crippen MR) is 134 cm³/mol. The highest BCUT2D eigenvalue weighted by Gasteiger charge is 2.20. The van der Waals surface area contributed by atoms with Crippen molar-refractivity contribution in [3.8, 4) is 5.75 Å². The van der Waals surface area contributed by atoms with Crippen molar-refractivity contribution in [3.05, 3.63) is 119 Å². The van der Waals surface area contributed by atoms with E-state index in [1.54, 1.807) is 0 Å². The Bertz CT molecular complexity index is 1050. The topological polar surface area (TPSA) is 9.23 Å². The maximum absolute atomic E-state index is 6.50. The van der Waals surface area contributed by atoms with Crippen LogP contribution in [0.4, 0.5) is 0 Å². The first-order valence-corrected chi connectivity index (χ1v) is 11.0. The molecule has 2 aromatic carbocycles. The van der Waals surface area contributed by atoms with Crippen molar-refractivity contribution in [2.24, 2.45) is 5.41 Å². The number of hydrogen-bond acceptors (Lipinski definition) is 1. The number of para-hydroxylation sites is 1. The molecule has 0 unspecified atom stereocenters. The Labute approximate surface area is 188 Å². The molecule has 0 aromatic heterocycles. The average molecular weight is 411 g/mol. The van der Waals surface area contributed by atoms with Crippen LogP contribution in [0.5, 0.6) is 5.75 Å². The van der Waals surface area contributed by atoms with Gasteiger partial charge in [-0.2, -0.15) is 0 Å². The summed E-state index contributed by atoms with van der Waals surface area (Å²) in [6.45, 7) is 13.2. The van der Waals surface area contributed by atoms with Gasteiger partial charge in [0.25, 0.3) is 0 Å². The molecular weight excluding hydrogens is 376 g/mol. The first-order valence-electron chi connectivity index (χ1n) is 11.0. The fraction of sp³-hybridized carbons (Fsp3) is 0.267. The van der Waals surface area contributed by atoms with Crippen molar-refractivity contribution >= 4 is 5.57 Å². The Hall–Kier alpha value is -3.06. The highest BCUT2D eigenvalue weighted by Crippen LogP contribution is 2.35. The van der Waals surface area contributed by atoms with E-state index in [4.69, 9.17) is 4.74 Å². The molecule has 160 valence electrons. The molecule has 3 rings (SSSR count). The highest BCUT2D eigenvalue weighted by molar-refractivity contribution is 5.80. The highest BCUT2D eigenvalue weighted by atomic mass is 16.5. The standard InChI is InChI=1S/C30H34O/c1-22(2)23(3)19-28(25-13-9-7-10-14-25)29(31-27-15-11-8-12-16-27)21-24-17-18-26(20-24)30(4,5)6/h7-16,18-21H,17H2,1-6H3. The van der Waals surface area contributed by atoms with Crippen LogP contribution in [0.3, 0.4) is 0 Å². The van der Waals surface area contributed by atoms with E-state index in [0.717, 1.165) is 29.1 Å². The van der Waals surface area contributed by atoms with E-state index in [-0.39, 0.29) is 5.41 Å². The summed E-state index contributed by atoms with van der Waals surface area (Å²) in [4.78, 5) is 0. The number of benzene rings is 2. The van der Waals surface area contributed by atoms with Crippen LogP contribution >= 0.6 is 0 Å². The van der Waals surface area contributed by atoms with Gasteiger partial charge in [0.15, 0.2) is 0 Å². The normalized spacial score (nSPS) is 14.8. The molecule has 0 aliphatic heterocycles. The van der Waals surface area contributed by atoms with Gasteiger partial charge in [-0.3, -0.25) is 0 Å². The molecule has 1 aliphatic rings. The van der Waals surface area contributed by atoms with Crippen LogP contribution < -0.4 is 4.74 Å². The number of ether oxygens (including phenoxy) is 1. The average Bonchev–Trinajstić information content (AvgIpc) is 3.22. The molecule has 0 fully saturated rings. The SMILES string of the molecule is CC(C)=C(C)C=C(C(=CC1=CC(C(C)(C)C)=CC1)Oc1ccccc1)c1ccccc1. The second-order valence-corrected chi connectivity index (χ2v) is 9.36. The second kappa shape index (κ2) is 9.83. The minimum atomic E-state index is 0.146. The molecule has 0 saturated heterocycles. The summed E-state index contributed by atoms with van der Waals surface area (Å²) in [6, 6.07) is 20.5. The zero-order valence-electron chi connectivity index (χ0n) is 19.7. The monoisotopic (exact) mass is 410 g/mol. The zero-order chi connectivity index (χ0) is 22.4. The van der Waals surface area contributed by atoms with Crippen molar-refractivity contribution in [2.45, 2.75) is 48.0 Å². The number of allylic oxidation sites excluding steroid dienone is 9. The number of rotatable bonds is 6. The van der Waals surface area contributed by atoms with Crippen molar-refractivity contribution < 1.29 is 4.74 Å². The lowest BCUT2D eigenvalue weighted by Gasteiger charge is -2.18. The van der Waals surface area contributed by atoms with Gasteiger partial charge in [0, 0.05) is 5.57 Å². The maximum Gasteiger partial charge on any atom is 0.135 e. The largest absolute Gasteiger partial charge is 0.457 e. The molecule has 31 heavy (non-hydrogen) atoms. The van der Waals surface area contributed by atoms with E-state index in [1.165, 1.54) is 22.3 Å². The Morgan fingerprint density at radius 2 is 1.48 bits per heavy atom. The maximum atomic E-state index is 6.50. The van der Waals surface area contributed by atoms with Gasteiger partial charge in [0.1, 0.15) is 11.5 Å². The fourth-order valence-corrected chi connectivity index (χ4v) is 3.39. The van der Waals surface area contributed by atoms with Crippen molar-refractivity contribution in [1.29, 1.82) is 0 Å². The molecule has 0 spiro atoms. The molecule has 2 aromatic rings. The van der Waals surface area contributed by atoms with E-state index in [0.29, 0.717) is 0 Å². The summed E-state index contributed by atoms with van der Waals surface area (Å²) in [5.41, 5.74) is 7.57. The quantitative estimate of drug-likeness (QED) is 0.342. The lowest BCUT2D eigenvalue weighted by atomic mass is 9.87. The van der Waals surface area contributed by atoms with Crippen LogP contribution in [0.1, 0.15) is 53.5 Å². The van der Waals surface area contributed by atoms with Gasteiger partial charge in [0.05, 0.1) is 0 Å². The van der Waals surface area contributed by atoms with E-state index >= 15 is 0 Å². The van der Waals surface area contributed by atoms with Gasteiger partial charge in [0.2, 0.25) is 0 Å². The third kappa shape index (κ3) is 6.21. The molecule has 1 heteroatoms. The van der Waals surface area contributed by atoms with Crippen LogP contribution in [0.15, 0.2) is 113 Å². The Balaban J connectivity index is 2.12. The van der Waals surface area contributed by atoms with Gasteiger partial charge < -0.3 is 4.74 Å². The van der Waals surface area contributed by atoms with Gasteiger partial charge in [-0.15, -0.1) is 0 Å². The first-order chi connectivity index (χ1) is 14.7. The summed E-state index contributed by atoms with van der Waals surface area (Å²) < 4.78 is 6.50. The van der Waals surface area contributed by atoms with Crippen molar-refractivity contribution in [2.75, 3.05) is 0 Å². The van der Waals surface area contributed by atoms with Crippen LogP contribution in [0, 0.1) is 5.41 Å². The minimum absolute atomic E-state index is 0.146.